The molecule has 2 N–H and O–H groups in total. The van der Waals surface area contributed by atoms with Crippen LogP contribution in [0.25, 0.3) is 45.3 Å². The molecule has 0 fully saturated rings. The number of pyridine rings is 2. The monoisotopic (exact) mass is 1140 g/mol. The van der Waals surface area contributed by atoms with E-state index in [0.29, 0.717) is 81.4 Å². The summed E-state index contributed by atoms with van der Waals surface area (Å²) in [4.78, 5) is 46.5. The highest BCUT2D eigenvalue weighted by Gasteiger charge is 2.35. The van der Waals surface area contributed by atoms with Gasteiger partial charge in [0.25, 0.3) is 11.8 Å². The molecule has 0 atom stereocenters. The Morgan fingerprint density at radius 3 is 1.47 bits per heavy atom. The van der Waals surface area contributed by atoms with Crippen LogP contribution in [0.3, 0.4) is 0 Å². The molecule has 74 heavy (non-hydrogen) atoms. The van der Waals surface area contributed by atoms with Gasteiger partial charge in [-0.3, -0.25) is 19.6 Å². The van der Waals surface area contributed by atoms with Gasteiger partial charge in [0.15, 0.2) is 0 Å². The fourth-order valence-electron chi connectivity index (χ4n) is 6.86. The first-order valence-electron chi connectivity index (χ1n) is 22.6. The molecule has 22 heteroatoms. The van der Waals surface area contributed by atoms with Crippen LogP contribution in [0.15, 0.2) is 127 Å². The molecule has 0 radical (unpaired) electrons. The fraction of sp³-hybridized carbons (Fsp3) is 0.231. The number of rotatable bonds is 17. The van der Waals surface area contributed by atoms with E-state index in [-0.39, 0.29) is 34.4 Å². The Balaban J connectivity index is 0.000000217. The Morgan fingerprint density at radius 2 is 1.07 bits per heavy atom. The number of anilines is 2. The Bertz CT molecular complexity index is 3220. The quantitative estimate of drug-likeness (QED) is 0.0873. The molecule has 0 aliphatic rings. The summed E-state index contributed by atoms with van der Waals surface area (Å²) in [5.74, 6) is 2.36. The number of halogens is 5. The van der Waals surface area contributed by atoms with Crippen LogP contribution >= 0.6 is 31.9 Å². The molecule has 8 aromatic rings. The zero-order valence-corrected chi connectivity index (χ0v) is 44.2. The summed E-state index contributed by atoms with van der Waals surface area (Å²) in [6.45, 7) is 5.72. The van der Waals surface area contributed by atoms with Gasteiger partial charge in [0.1, 0.15) is 30.5 Å². The van der Waals surface area contributed by atoms with E-state index in [0.717, 1.165) is 28.2 Å². The standard InChI is InChI=1S/C26H23BrF3N5O3.C26H26BrN5O4/c1-15-32-24(34-38-15)16-4-7-19(20(12-16)26(28,29)30)22-9-6-18(14-31-22)33-25(36)17-5-8-21(27)23(13-17)37-11-10-35(2)3;1-16-29-25(31-36-16)17-5-8-20(23(13-17)34-4)22-10-7-19(15-28-22)30-26(33)18-6-9-21(27)24(14-18)35-12-11-32(2)3/h4-9,12-14H,10-11H2,1-3H3,(H,33,36);5-10,13-15H,11-12H2,1-4H3,(H,30,33). The number of hydrogen-bond donors (Lipinski definition) is 2. The normalized spacial score (nSPS) is 11.3. The minimum Gasteiger partial charge on any atom is -0.496 e. The van der Waals surface area contributed by atoms with Gasteiger partial charge in [-0.05, 0) is 139 Å². The number of carbonyl (C=O) groups excluding carboxylic acids is 2. The van der Waals surface area contributed by atoms with Crippen molar-refractivity contribution in [2.45, 2.75) is 20.0 Å². The summed E-state index contributed by atoms with van der Waals surface area (Å²) < 4.78 is 70.2. The number of benzene rings is 4. The maximum atomic E-state index is 13.9. The van der Waals surface area contributed by atoms with Crippen LogP contribution in [0, 0.1) is 13.8 Å². The second kappa shape index (κ2) is 24.5. The first-order chi connectivity index (χ1) is 35.3. The molecule has 8 rings (SSSR count). The number of methoxy groups -OCH3 is 1. The highest BCUT2D eigenvalue weighted by atomic mass is 79.9. The summed E-state index contributed by atoms with van der Waals surface area (Å²) in [5, 5.41) is 13.2. The van der Waals surface area contributed by atoms with Gasteiger partial charge in [-0.1, -0.05) is 28.5 Å². The van der Waals surface area contributed by atoms with Crippen LogP contribution in [0.1, 0.15) is 38.1 Å². The van der Waals surface area contributed by atoms with Crippen LogP contribution in [-0.2, 0) is 6.18 Å². The molecule has 0 spiro atoms. The lowest BCUT2D eigenvalue weighted by Crippen LogP contribution is -2.19. The van der Waals surface area contributed by atoms with Crippen molar-refractivity contribution in [3.05, 3.63) is 147 Å². The molecule has 0 aliphatic heterocycles. The van der Waals surface area contributed by atoms with Gasteiger partial charge in [0, 0.05) is 60.3 Å². The van der Waals surface area contributed by atoms with Crippen molar-refractivity contribution < 1.29 is 46.0 Å². The maximum absolute atomic E-state index is 13.9. The van der Waals surface area contributed by atoms with Crippen molar-refractivity contribution in [3.8, 4) is 62.5 Å². The van der Waals surface area contributed by atoms with Crippen LogP contribution in [0.2, 0.25) is 0 Å². The Labute approximate surface area is 440 Å². The lowest BCUT2D eigenvalue weighted by Gasteiger charge is -2.14. The second-order valence-electron chi connectivity index (χ2n) is 16.8. The molecule has 4 heterocycles. The Kier molecular flexibility index (Phi) is 17.9. The number of alkyl halides is 3. The molecule has 0 saturated heterocycles. The molecule has 0 aliphatic carbocycles. The van der Waals surface area contributed by atoms with Crippen LogP contribution in [0.4, 0.5) is 24.5 Å². The summed E-state index contributed by atoms with van der Waals surface area (Å²) in [7, 11) is 9.40. The highest BCUT2D eigenvalue weighted by molar-refractivity contribution is 9.11. The molecule has 17 nitrogen and oxygen atoms in total. The van der Waals surface area contributed by atoms with E-state index >= 15 is 0 Å². The van der Waals surface area contributed by atoms with Crippen molar-refractivity contribution >= 4 is 55.0 Å². The largest absolute Gasteiger partial charge is 0.496 e. The molecule has 2 amide bonds. The predicted molar refractivity (Wildman–Crippen MR) is 279 cm³/mol. The number of likely N-dealkylation sites (N-methyl/N-ethyl adjacent to an activating group) is 2. The first-order valence-corrected chi connectivity index (χ1v) is 24.1. The SMILES string of the molecule is COc1cc(-c2noc(C)n2)ccc1-c1ccc(NC(=O)c2ccc(Br)c(OCCN(C)C)c2)cn1.Cc1nc(-c2ccc(-c3ccc(NC(=O)c4ccc(Br)c(OCCN(C)C)c4)cn3)c(C(F)(F)F)c2)no1. The van der Waals surface area contributed by atoms with E-state index in [1.807, 2.05) is 62.3 Å². The molecule has 0 unspecified atom stereocenters. The topological polar surface area (TPSA) is 196 Å². The fourth-order valence-corrected chi connectivity index (χ4v) is 7.59. The Morgan fingerprint density at radius 1 is 0.608 bits per heavy atom. The first kappa shape index (κ1) is 54.2. The molecule has 0 bridgehead atoms. The van der Waals surface area contributed by atoms with E-state index in [9.17, 15) is 22.8 Å². The molecule has 4 aromatic heterocycles. The molecule has 0 saturated carbocycles. The highest BCUT2D eigenvalue weighted by Crippen LogP contribution is 2.39. The molecule has 384 valence electrons. The number of amides is 2. The third kappa shape index (κ3) is 14.4. The van der Waals surface area contributed by atoms with Gasteiger partial charge in [0.05, 0.1) is 56.8 Å². The predicted octanol–water partition coefficient (Wildman–Crippen LogP) is 11.2. The number of carbonyl (C=O) groups is 2. The van der Waals surface area contributed by atoms with Gasteiger partial charge in [-0.15, -0.1) is 0 Å². The number of nitrogens with zero attached hydrogens (tertiary/aromatic N) is 8. The van der Waals surface area contributed by atoms with Gasteiger partial charge in [0.2, 0.25) is 23.4 Å². The van der Waals surface area contributed by atoms with E-state index < -0.39 is 17.6 Å². The van der Waals surface area contributed by atoms with Gasteiger partial charge < -0.3 is 43.7 Å². The average Bonchev–Trinajstić information content (AvgIpc) is 4.02. The number of nitrogens with one attached hydrogen (secondary N) is 2. The van der Waals surface area contributed by atoms with E-state index in [1.54, 1.807) is 69.6 Å². The van der Waals surface area contributed by atoms with Crippen LogP contribution in [-0.4, -0.2) is 113 Å². The third-order valence-electron chi connectivity index (χ3n) is 10.7. The number of hydrogen-bond acceptors (Lipinski definition) is 15. The average molecular weight is 1140 g/mol. The molecular formula is C52H49Br2F3N10O7. The van der Waals surface area contributed by atoms with Crippen molar-refractivity contribution in [1.82, 2.24) is 40.0 Å². The Hall–Kier alpha value is -7.53. The summed E-state index contributed by atoms with van der Waals surface area (Å²) >= 11 is 6.88. The van der Waals surface area contributed by atoms with Crippen LogP contribution < -0.4 is 24.8 Å². The second-order valence-corrected chi connectivity index (χ2v) is 18.5. The zero-order chi connectivity index (χ0) is 53.1. The van der Waals surface area contributed by atoms with Gasteiger partial charge >= 0.3 is 6.18 Å². The summed E-state index contributed by atoms with van der Waals surface area (Å²) in [6.07, 6.45) is -1.74. The summed E-state index contributed by atoms with van der Waals surface area (Å²) in [5.41, 5.74) is 3.24. The maximum Gasteiger partial charge on any atom is 0.417 e. The lowest BCUT2D eigenvalue weighted by atomic mass is 10.00. The molecule has 4 aromatic carbocycles. The van der Waals surface area contributed by atoms with Crippen molar-refractivity contribution in [1.29, 1.82) is 0 Å². The number of ether oxygens (including phenoxy) is 3. The van der Waals surface area contributed by atoms with E-state index in [2.05, 4.69) is 72.7 Å². The van der Waals surface area contributed by atoms with Gasteiger partial charge in [-0.2, -0.15) is 23.1 Å². The van der Waals surface area contributed by atoms with Crippen LogP contribution in [0.5, 0.6) is 17.2 Å². The van der Waals surface area contributed by atoms with Crippen molar-refractivity contribution in [2.75, 3.05) is 72.2 Å². The van der Waals surface area contributed by atoms with E-state index in [1.165, 1.54) is 30.5 Å². The van der Waals surface area contributed by atoms with E-state index in [4.69, 9.17) is 23.3 Å². The van der Waals surface area contributed by atoms with Crippen molar-refractivity contribution in [3.63, 3.8) is 0 Å². The minimum absolute atomic E-state index is 0.0600. The lowest BCUT2D eigenvalue weighted by molar-refractivity contribution is -0.137. The van der Waals surface area contributed by atoms with Gasteiger partial charge in [-0.25, -0.2) is 0 Å². The number of aryl methyl sites for hydroxylation is 2. The summed E-state index contributed by atoms with van der Waals surface area (Å²) in [6, 6.07) is 26.1. The molecular weight excluding hydrogens is 1090 g/mol. The smallest absolute Gasteiger partial charge is 0.417 e. The van der Waals surface area contributed by atoms with Crippen molar-refractivity contribution in [2.24, 2.45) is 0 Å². The zero-order valence-electron chi connectivity index (χ0n) is 41.0. The number of aromatic nitrogens is 6. The third-order valence-corrected chi connectivity index (χ3v) is 12.0. The minimum atomic E-state index is -4.65.